The van der Waals surface area contributed by atoms with Gasteiger partial charge >= 0.3 is 0 Å². The van der Waals surface area contributed by atoms with Gasteiger partial charge in [-0.1, -0.05) is 30.6 Å². The Bertz CT molecular complexity index is 756. The van der Waals surface area contributed by atoms with E-state index in [1.54, 1.807) is 4.90 Å². The van der Waals surface area contributed by atoms with Crippen LogP contribution in [0.4, 0.5) is 13.9 Å². The fourth-order valence-electron chi connectivity index (χ4n) is 3.23. The fourth-order valence-corrected chi connectivity index (χ4v) is 4.27. The topological polar surface area (TPSA) is 36.4 Å². The van der Waals surface area contributed by atoms with E-state index in [0.29, 0.717) is 22.9 Å². The van der Waals surface area contributed by atoms with Crippen molar-refractivity contribution in [2.45, 2.75) is 32.1 Å². The maximum Gasteiger partial charge on any atom is 0.231 e. The Morgan fingerprint density at radius 3 is 2.60 bits per heavy atom. The van der Waals surface area contributed by atoms with E-state index >= 15 is 0 Å². The van der Waals surface area contributed by atoms with Crippen molar-refractivity contribution in [3.05, 3.63) is 23.8 Å². The number of hydrogen-bond donors (Lipinski definition) is 0. The number of rotatable bonds is 5. The zero-order chi connectivity index (χ0) is 18.0. The van der Waals surface area contributed by atoms with Gasteiger partial charge in [0, 0.05) is 25.1 Å². The van der Waals surface area contributed by atoms with Crippen LogP contribution in [-0.2, 0) is 4.79 Å². The van der Waals surface area contributed by atoms with Gasteiger partial charge in [0.05, 0.1) is 4.70 Å². The Morgan fingerprint density at radius 2 is 1.92 bits per heavy atom. The predicted molar refractivity (Wildman–Crippen MR) is 97.0 cm³/mol. The third-order valence-corrected chi connectivity index (χ3v) is 5.65. The summed E-state index contributed by atoms with van der Waals surface area (Å²) in [5, 5.41) is 0.455. The highest BCUT2D eigenvalue weighted by Crippen LogP contribution is 2.33. The minimum Gasteiger partial charge on any atom is -0.308 e. The standard InChI is InChI=1S/C18H23F2N3OS/c1-22(2)8-9-23(17(24)12-6-4-3-5-7-12)18-21-16-14(20)10-13(19)11-15(16)25-18/h10-12H,3-9H2,1-2H3. The number of thiazole rings is 1. The summed E-state index contributed by atoms with van der Waals surface area (Å²) in [5.74, 6) is -1.25. The largest absolute Gasteiger partial charge is 0.308 e. The second kappa shape index (κ2) is 7.74. The summed E-state index contributed by atoms with van der Waals surface area (Å²) in [7, 11) is 3.88. The molecule has 1 heterocycles. The fraction of sp³-hybridized carbons (Fsp3) is 0.556. The summed E-state index contributed by atoms with van der Waals surface area (Å²) >= 11 is 1.17. The van der Waals surface area contributed by atoms with E-state index in [-0.39, 0.29) is 17.3 Å². The van der Waals surface area contributed by atoms with E-state index in [2.05, 4.69) is 4.98 Å². The number of benzene rings is 1. The summed E-state index contributed by atoms with van der Waals surface area (Å²) < 4.78 is 27.9. The van der Waals surface area contributed by atoms with Gasteiger partial charge in [-0.3, -0.25) is 9.69 Å². The molecule has 2 aromatic rings. The lowest BCUT2D eigenvalue weighted by Gasteiger charge is -2.28. The Morgan fingerprint density at radius 1 is 1.20 bits per heavy atom. The summed E-state index contributed by atoms with van der Waals surface area (Å²) in [6, 6.07) is 2.10. The molecule has 0 unspecified atom stereocenters. The van der Waals surface area contributed by atoms with Crippen LogP contribution < -0.4 is 4.90 Å². The second-order valence-electron chi connectivity index (χ2n) is 6.86. The number of aromatic nitrogens is 1. The van der Waals surface area contributed by atoms with E-state index in [9.17, 15) is 13.6 Å². The monoisotopic (exact) mass is 367 g/mol. The van der Waals surface area contributed by atoms with Gasteiger partial charge in [0.15, 0.2) is 10.9 Å². The van der Waals surface area contributed by atoms with Crippen molar-refractivity contribution in [2.24, 2.45) is 5.92 Å². The predicted octanol–water partition coefficient (Wildman–Crippen LogP) is 4.05. The summed E-state index contributed by atoms with van der Waals surface area (Å²) in [5.41, 5.74) is 0.132. The molecule has 1 aliphatic rings. The molecule has 1 saturated carbocycles. The van der Waals surface area contributed by atoms with Crippen molar-refractivity contribution >= 4 is 32.6 Å². The molecule has 1 fully saturated rings. The maximum atomic E-state index is 14.0. The van der Waals surface area contributed by atoms with Gasteiger partial charge in [0.1, 0.15) is 11.3 Å². The first kappa shape index (κ1) is 18.2. The van der Waals surface area contributed by atoms with E-state index in [4.69, 9.17) is 0 Å². The lowest BCUT2D eigenvalue weighted by Crippen LogP contribution is -2.41. The van der Waals surface area contributed by atoms with Gasteiger partial charge in [0.2, 0.25) is 5.91 Å². The third-order valence-electron chi connectivity index (χ3n) is 4.62. The highest BCUT2D eigenvalue weighted by Gasteiger charge is 2.29. The van der Waals surface area contributed by atoms with E-state index < -0.39 is 11.6 Å². The maximum absolute atomic E-state index is 14.0. The highest BCUT2D eigenvalue weighted by molar-refractivity contribution is 7.22. The van der Waals surface area contributed by atoms with Crippen LogP contribution in [0.2, 0.25) is 0 Å². The van der Waals surface area contributed by atoms with E-state index in [1.807, 2.05) is 19.0 Å². The van der Waals surface area contributed by atoms with Crippen molar-refractivity contribution in [3.8, 4) is 0 Å². The van der Waals surface area contributed by atoms with Gasteiger partial charge in [-0.2, -0.15) is 0 Å². The number of hydrogen-bond acceptors (Lipinski definition) is 4. The van der Waals surface area contributed by atoms with Crippen LogP contribution in [-0.4, -0.2) is 43.0 Å². The molecule has 3 rings (SSSR count). The molecule has 136 valence electrons. The lowest BCUT2D eigenvalue weighted by molar-refractivity contribution is -0.123. The minimum absolute atomic E-state index is 0.00417. The number of amides is 1. The van der Waals surface area contributed by atoms with Crippen molar-refractivity contribution in [3.63, 3.8) is 0 Å². The second-order valence-corrected chi connectivity index (χ2v) is 7.87. The van der Waals surface area contributed by atoms with E-state index in [1.165, 1.54) is 23.8 Å². The zero-order valence-corrected chi connectivity index (χ0v) is 15.4. The third kappa shape index (κ3) is 4.15. The summed E-state index contributed by atoms with van der Waals surface area (Å²) in [4.78, 5) is 21.0. The van der Waals surface area contributed by atoms with Crippen molar-refractivity contribution in [1.29, 1.82) is 0 Å². The van der Waals surface area contributed by atoms with Gasteiger partial charge in [-0.05, 0) is 33.0 Å². The number of fused-ring (bicyclic) bond motifs is 1. The quantitative estimate of drug-likeness (QED) is 0.800. The summed E-state index contributed by atoms with van der Waals surface area (Å²) in [6.45, 7) is 1.18. The van der Waals surface area contributed by atoms with Crippen LogP contribution in [0.1, 0.15) is 32.1 Å². The Balaban J connectivity index is 1.92. The number of carbonyl (C=O) groups excluding carboxylic acids is 1. The van der Waals surface area contributed by atoms with Crippen LogP contribution in [0.15, 0.2) is 12.1 Å². The number of anilines is 1. The number of halogens is 2. The van der Waals surface area contributed by atoms with Crippen LogP contribution in [0, 0.1) is 17.6 Å². The first-order valence-corrected chi connectivity index (χ1v) is 9.49. The number of likely N-dealkylation sites (N-methyl/N-ethyl adjacent to an activating group) is 1. The highest BCUT2D eigenvalue weighted by atomic mass is 32.1. The smallest absolute Gasteiger partial charge is 0.231 e. The minimum atomic E-state index is -0.685. The molecule has 0 bridgehead atoms. The van der Waals surface area contributed by atoms with Crippen molar-refractivity contribution < 1.29 is 13.6 Å². The van der Waals surface area contributed by atoms with Crippen LogP contribution in [0.25, 0.3) is 10.2 Å². The lowest BCUT2D eigenvalue weighted by atomic mass is 9.88. The van der Waals surface area contributed by atoms with Gasteiger partial charge in [-0.15, -0.1) is 0 Å². The molecule has 4 nitrogen and oxygen atoms in total. The molecular formula is C18H23F2N3OS. The molecule has 25 heavy (non-hydrogen) atoms. The molecule has 0 atom stereocenters. The molecule has 0 spiro atoms. The van der Waals surface area contributed by atoms with Gasteiger partial charge in [0.25, 0.3) is 0 Å². The van der Waals surface area contributed by atoms with Gasteiger partial charge in [-0.25, -0.2) is 13.8 Å². The Hall–Kier alpha value is -1.60. The molecule has 0 saturated heterocycles. The Labute approximate surface area is 150 Å². The molecule has 0 N–H and O–H groups in total. The SMILES string of the molecule is CN(C)CCN(C(=O)C1CCCCC1)c1nc2c(F)cc(F)cc2s1. The average molecular weight is 367 g/mol. The molecule has 0 radical (unpaired) electrons. The molecule has 0 aliphatic heterocycles. The molecule has 1 aromatic carbocycles. The zero-order valence-electron chi connectivity index (χ0n) is 14.6. The summed E-state index contributed by atoms with van der Waals surface area (Å²) in [6.07, 6.45) is 5.10. The van der Waals surface area contributed by atoms with Crippen LogP contribution in [0.5, 0.6) is 0 Å². The van der Waals surface area contributed by atoms with Crippen molar-refractivity contribution in [1.82, 2.24) is 9.88 Å². The van der Waals surface area contributed by atoms with Gasteiger partial charge < -0.3 is 4.90 Å². The molecule has 1 aromatic heterocycles. The van der Waals surface area contributed by atoms with Crippen LogP contribution in [0.3, 0.4) is 0 Å². The average Bonchev–Trinajstić information content (AvgIpc) is 2.99. The molecule has 1 aliphatic carbocycles. The first-order valence-electron chi connectivity index (χ1n) is 8.67. The molecule has 7 heteroatoms. The van der Waals surface area contributed by atoms with Crippen LogP contribution >= 0.6 is 11.3 Å². The Kier molecular flexibility index (Phi) is 5.64. The first-order chi connectivity index (χ1) is 12.0. The van der Waals surface area contributed by atoms with Crippen molar-refractivity contribution in [2.75, 3.05) is 32.1 Å². The molecular weight excluding hydrogens is 344 g/mol. The normalized spacial score (nSPS) is 15.9. The van der Waals surface area contributed by atoms with E-state index in [0.717, 1.165) is 31.7 Å². The number of carbonyl (C=O) groups is 1. The number of nitrogens with zero attached hydrogens (tertiary/aromatic N) is 3. The molecule has 1 amide bonds.